The first kappa shape index (κ1) is 15.2. The van der Waals surface area contributed by atoms with Crippen molar-refractivity contribution in [2.75, 3.05) is 31.6 Å². The van der Waals surface area contributed by atoms with Gasteiger partial charge in [-0.3, -0.25) is 4.90 Å². The number of nitrogens with zero attached hydrogens (tertiary/aromatic N) is 1. The molecule has 5 nitrogen and oxygen atoms in total. The van der Waals surface area contributed by atoms with Crippen LogP contribution in [-0.4, -0.2) is 68.3 Å². The molecular weight excluding hydrogens is 264 g/mol. The Morgan fingerprint density at radius 3 is 2.47 bits per heavy atom. The van der Waals surface area contributed by atoms with E-state index in [2.05, 4.69) is 10.2 Å². The third-order valence-corrected chi connectivity index (χ3v) is 5.24. The normalized spacial score (nSPS) is 29.6. The number of rotatable bonds is 7. The summed E-state index contributed by atoms with van der Waals surface area (Å²) in [7, 11) is -2.91. The summed E-state index contributed by atoms with van der Waals surface area (Å²) in [6.07, 6.45) is 7.25. The third-order valence-electron chi connectivity index (χ3n) is 4.30. The van der Waals surface area contributed by atoms with Gasteiger partial charge in [0, 0.05) is 38.0 Å². The molecule has 2 rings (SSSR count). The first-order valence-corrected chi connectivity index (χ1v) is 9.34. The molecule has 1 unspecified atom stereocenters. The highest BCUT2D eigenvalue weighted by atomic mass is 32.2. The van der Waals surface area contributed by atoms with E-state index in [1.54, 1.807) is 0 Å². The zero-order chi connectivity index (χ0) is 13.9. The van der Waals surface area contributed by atoms with E-state index in [0.717, 1.165) is 6.54 Å². The Bertz CT molecular complexity index is 369. The molecule has 0 aromatic rings. The van der Waals surface area contributed by atoms with Crippen molar-refractivity contribution in [2.45, 2.75) is 50.3 Å². The number of hydrogen-bond acceptors (Lipinski definition) is 5. The average Bonchev–Trinajstić information content (AvgIpc) is 2.56. The highest BCUT2D eigenvalue weighted by Crippen LogP contribution is 2.35. The monoisotopic (exact) mass is 290 g/mol. The molecule has 0 aromatic carbocycles. The summed E-state index contributed by atoms with van der Waals surface area (Å²) in [5.41, 5.74) is 0. The molecule has 6 heteroatoms. The summed E-state index contributed by atoms with van der Waals surface area (Å²) in [4.78, 5) is 2.46. The van der Waals surface area contributed by atoms with Crippen molar-refractivity contribution in [3.8, 4) is 0 Å². The van der Waals surface area contributed by atoms with Crippen molar-refractivity contribution in [2.24, 2.45) is 0 Å². The summed E-state index contributed by atoms with van der Waals surface area (Å²) in [5.74, 6) is 0.134. The van der Waals surface area contributed by atoms with Crippen LogP contribution < -0.4 is 5.32 Å². The van der Waals surface area contributed by atoms with Crippen LogP contribution in [0.3, 0.4) is 0 Å². The Hall–Kier alpha value is -0.170. The summed E-state index contributed by atoms with van der Waals surface area (Å²) < 4.78 is 22.0. The lowest BCUT2D eigenvalue weighted by Crippen LogP contribution is -2.46. The molecule has 2 aliphatic heterocycles. The second-order valence-electron chi connectivity index (χ2n) is 6.00. The molecule has 0 radical (unpaired) electrons. The minimum Gasteiger partial charge on any atom is -0.390 e. The Labute approximate surface area is 116 Å². The number of sulfone groups is 1. The summed E-state index contributed by atoms with van der Waals surface area (Å²) in [5, 5.41) is 13.1. The van der Waals surface area contributed by atoms with Gasteiger partial charge in [-0.2, -0.15) is 0 Å². The summed E-state index contributed by atoms with van der Waals surface area (Å²) in [6.45, 7) is 1.62. The fourth-order valence-corrected chi connectivity index (χ4v) is 3.87. The van der Waals surface area contributed by atoms with Gasteiger partial charge in [0.2, 0.25) is 0 Å². The zero-order valence-electron chi connectivity index (χ0n) is 11.7. The van der Waals surface area contributed by atoms with E-state index >= 15 is 0 Å². The second-order valence-corrected chi connectivity index (χ2v) is 8.26. The van der Waals surface area contributed by atoms with Gasteiger partial charge in [0.15, 0.2) is 0 Å². The first-order valence-electron chi connectivity index (χ1n) is 7.28. The molecule has 112 valence electrons. The standard InChI is InChI=1S/C13H26N2O3S/c1-19(17,18)8-7-14-9-13(16)10-15-11-3-2-4-12(15)6-5-11/h11-14,16H,2-10H2,1H3/t11-,12+,13?. The minimum atomic E-state index is -2.91. The number of aliphatic hydroxyl groups excluding tert-OH is 1. The van der Waals surface area contributed by atoms with Crippen LogP contribution in [0, 0.1) is 0 Å². The van der Waals surface area contributed by atoms with E-state index in [9.17, 15) is 13.5 Å². The van der Waals surface area contributed by atoms with Crippen molar-refractivity contribution >= 4 is 9.84 Å². The second kappa shape index (κ2) is 6.52. The topological polar surface area (TPSA) is 69.6 Å². The molecule has 2 heterocycles. The van der Waals surface area contributed by atoms with Crippen molar-refractivity contribution in [3.63, 3.8) is 0 Å². The van der Waals surface area contributed by atoms with Crippen molar-refractivity contribution in [3.05, 3.63) is 0 Å². The summed E-state index contributed by atoms with van der Waals surface area (Å²) in [6, 6.07) is 1.34. The quantitative estimate of drug-likeness (QED) is 0.646. The van der Waals surface area contributed by atoms with Gasteiger partial charge in [-0.25, -0.2) is 8.42 Å². The predicted molar refractivity (Wildman–Crippen MR) is 76.0 cm³/mol. The number of fused-ring (bicyclic) bond motifs is 2. The maximum absolute atomic E-state index is 11.0. The molecule has 2 bridgehead atoms. The van der Waals surface area contributed by atoms with Gasteiger partial charge >= 0.3 is 0 Å². The van der Waals surface area contributed by atoms with E-state index in [0.29, 0.717) is 25.2 Å². The lowest BCUT2D eigenvalue weighted by Gasteiger charge is -2.36. The molecule has 0 saturated carbocycles. The summed E-state index contributed by atoms with van der Waals surface area (Å²) >= 11 is 0. The lowest BCUT2D eigenvalue weighted by atomic mass is 10.0. The maximum Gasteiger partial charge on any atom is 0.148 e. The molecule has 0 aliphatic carbocycles. The molecule has 0 aromatic heterocycles. The van der Waals surface area contributed by atoms with Gasteiger partial charge in [-0.05, 0) is 25.7 Å². The van der Waals surface area contributed by atoms with E-state index in [-0.39, 0.29) is 5.75 Å². The van der Waals surface area contributed by atoms with Gasteiger partial charge in [0.25, 0.3) is 0 Å². The van der Waals surface area contributed by atoms with Gasteiger partial charge in [-0.1, -0.05) is 6.42 Å². The highest BCUT2D eigenvalue weighted by Gasteiger charge is 2.36. The number of piperidine rings is 1. The molecule has 2 saturated heterocycles. The molecule has 0 spiro atoms. The number of aliphatic hydroxyl groups is 1. The highest BCUT2D eigenvalue weighted by molar-refractivity contribution is 7.90. The van der Waals surface area contributed by atoms with Gasteiger partial charge in [0.05, 0.1) is 11.9 Å². The van der Waals surface area contributed by atoms with Crippen LogP contribution in [0.5, 0.6) is 0 Å². The Balaban J connectivity index is 1.66. The van der Waals surface area contributed by atoms with E-state index < -0.39 is 15.9 Å². The fourth-order valence-electron chi connectivity index (χ4n) is 3.36. The SMILES string of the molecule is CS(=O)(=O)CCNCC(O)CN1[C@@H]2CCC[C@H]1CC2. The first-order chi connectivity index (χ1) is 8.96. The van der Waals surface area contributed by atoms with E-state index in [1.165, 1.54) is 38.4 Å². The predicted octanol–water partition coefficient (Wildman–Crippen LogP) is -0.00160. The van der Waals surface area contributed by atoms with Crippen LogP contribution in [0.25, 0.3) is 0 Å². The smallest absolute Gasteiger partial charge is 0.148 e. The van der Waals surface area contributed by atoms with E-state index in [1.807, 2.05) is 0 Å². The van der Waals surface area contributed by atoms with Crippen LogP contribution in [0.1, 0.15) is 32.1 Å². The Morgan fingerprint density at radius 1 is 1.26 bits per heavy atom. The van der Waals surface area contributed by atoms with Crippen molar-refractivity contribution < 1.29 is 13.5 Å². The number of nitrogens with one attached hydrogen (secondary N) is 1. The largest absolute Gasteiger partial charge is 0.390 e. The molecule has 3 atom stereocenters. The third kappa shape index (κ3) is 4.70. The Kier molecular flexibility index (Phi) is 5.22. The Morgan fingerprint density at radius 2 is 1.89 bits per heavy atom. The molecular formula is C13H26N2O3S. The molecule has 19 heavy (non-hydrogen) atoms. The minimum absolute atomic E-state index is 0.134. The van der Waals surface area contributed by atoms with Crippen LogP contribution in [-0.2, 0) is 9.84 Å². The van der Waals surface area contributed by atoms with Crippen LogP contribution in [0.4, 0.5) is 0 Å². The van der Waals surface area contributed by atoms with Gasteiger partial charge in [-0.15, -0.1) is 0 Å². The zero-order valence-corrected chi connectivity index (χ0v) is 12.5. The van der Waals surface area contributed by atoms with E-state index in [4.69, 9.17) is 0 Å². The number of hydrogen-bond donors (Lipinski definition) is 2. The lowest BCUT2D eigenvalue weighted by molar-refractivity contribution is 0.0625. The van der Waals surface area contributed by atoms with Gasteiger partial charge in [0.1, 0.15) is 9.84 Å². The maximum atomic E-state index is 11.0. The molecule has 0 amide bonds. The average molecular weight is 290 g/mol. The van der Waals surface area contributed by atoms with Crippen LogP contribution in [0.15, 0.2) is 0 Å². The molecule has 2 N–H and O–H groups in total. The van der Waals surface area contributed by atoms with Crippen molar-refractivity contribution in [1.82, 2.24) is 10.2 Å². The fraction of sp³-hybridized carbons (Fsp3) is 1.00. The molecule has 2 fully saturated rings. The van der Waals surface area contributed by atoms with Gasteiger partial charge < -0.3 is 10.4 Å². The van der Waals surface area contributed by atoms with Crippen LogP contribution >= 0.6 is 0 Å². The van der Waals surface area contributed by atoms with Crippen molar-refractivity contribution in [1.29, 1.82) is 0 Å². The van der Waals surface area contributed by atoms with Crippen LogP contribution in [0.2, 0.25) is 0 Å². The molecule has 2 aliphatic rings.